The number of methoxy groups -OCH3 is 1. The molecule has 0 aliphatic rings. The van der Waals surface area contributed by atoms with Crippen molar-refractivity contribution in [3.63, 3.8) is 0 Å². The van der Waals surface area contributed by atoms with Crippen molar-refractivity contribution in [1.29, 1.82) is 0 Å². The van der Waals surface area contributed by atoms with Crippen LogP contribution < -0.4 is 4.74 Å². The first-order chi connectivity index (χ1) is 14.7. The summed E-state index contributed by atoms with van der Waals surface area (Å²) < 4.78 is 103. The second-order valence-corrected chi connectivity index (χ2v) is 7.27. The summed E-state index contributed by atoms with van der Waals surface area (Å²) in [6, 6.07) is 3.48. The first kappa shape index (κ1) is 25.8. The number of likely N-dealkylation sites (N-methyl/N-ethyl adjacent to an activating group) is 1. The van der Waals surface area contributed by atoms with Crippen LogP contribution in [0.5, 0.6) is 5.75 Å². The van der Waals surface area contributed by atoms with Gasteiger partial charge in [0.25, 0.3) is 0 Å². The number of benzene rings is 1. The van der Waals surface area contributed by atoms with Gasteiger partial charge in [-0.2, -0.15) is 31.4 Å². The first-order valence-corrected chi connectivity index (χ1v) is 9.43. The lowest BCUT2D eigenvalue weighted by Gasteiger charge is -2.21. The van der Waals surface area contributed by atoms with Crippen LogP contribution in [-0.2, 0) is 11.2 Å². The van der Waals surface area contributed by atoms with Crippen molar-refractivity contribution in [3.8, 4) is 11.4 Å². The summed E-state index contributed by atoms with van der Waals surface area (Å²) in [5.41, 5.74) is 0.135. The SMILES string of the molecule is COc1cc(-n2nc(CC(C(F)(F)F)C(F)(F)F)nc2C(C)OCCN(C)C)ccc1F. The standard InChI is InChI=1S/C19H23F7N4O2/c1-11(32-8-7-29(2)3)17-27-16(10-15(18(21,22)23)19(24,25)26)28-30(17)12-5-6-13(20)14(9-12)31-4/h5-6,9,11,15H,7-8,10H2,1-4H3. The summed E-state index contributed by atoms with van der Waals surface area (Å²) in [5.74, 6) is -5.23. The van der Waals surface area contributed by atoms with Crippen molar-refractivity contribution in [1.82, 2.24) is 19.7 Å². The predicted octanol–water partition coefficient (Wildman–Crippen LogP) is 4.34. The molecule has 180 valence electrons. The molecule has 0 aliphatic heterocycles. The van der Waals surface area contributed by atoms with Gasteiger partial charge in [0.1, 0.15) is 6.10 Å². The van der Waals surface area contributed by atoms with Crippen LogP contribution in [0.3, 0.4) is 0 Å². The maximum absolute atomic E-state index is 13.8. The van der Waals surface area contributed by atoms with Gasteiger partial charge in [-0.05, 0) is 33.2 Å². The quantitative estimate of drug-likeness (QED) is 0.509. The molecule has 0 bridgehead atoms. The number of ether oxygens (including phenoxy) is 2. The number of nitrogens with zero attached hydrogens (tertiary/aromatic N) is 4. The number of rotatable bonds is 9. The Morgan fingerprint density at radius 1 is 1.09 bits per heavy atom. The highest BCUT2D eigenvalue weighted by atomic mass is 19.4. The lowest BCUT2D eigenvalue weighted by atomic mass is 10.0. The van der Waals surface area contributed by atoms with Crippen LogP contribution in [0.1, 0.15) is 24.7 Å². The van der Waals surface area contributed by atoms with Gasteiger partial charge in [0.05, 0.1) is 19.4 Å². The van der Waals surface area contributed by atoms with Gasteiger partial charge in [-0.15, -0.1) is 0 Å². The third kappa shape index (κ3) is 6.55. The second kappa shape index (κ2) is 10.0. The topological polar surface area (TPSA) is 52.4 Å². The van der Waals surface area contributed by atoms with Crippen LogP contribution in [0.4, 0.5) is 30.7 Å². The molecule has 0 amide bonds. The van der Waals surface area contributed by atoms with Gasteiger partial charge < -0.3 is 14.4 Å². The fourth-order valence-corrected chi connectivity index (χ4v) is 2.77. The minimum atomic E-state index is -5.53. The second-order valence-electron chi connectivity index (χ2n) is 7.27. The van der Waals surface area contributed by atoms with Crippen molar-refractivity contribution in [3.05, 3.63) is 35.7 Å². The third-order valence-electron chi connectivity index (χ3n) is 4.50. The van der Waals surface area contributed by atoms with E-state index in [9.17, 15) is 30.7 Å². The Balaban J connectivity index is 2.47. The molecule has 1 unspecified atom stereocenters. The molecule has 0 spiro atoms. The molecule has 2 rings (SSSR count). The fraction of sp³-hybridized carbons (Fsp3) is 0.579. The van der Waals surface area contributed by atoms with E-state index in [0.29, 0.717) is 6.54 Å². The minimum absolute atomic E-state index is 0.0319. The molecule has 1 atom stereocenters. The molecule has 0 saturated carbocycles. The lowest BCUT2D eigenvalue weighted by molar-refractivity contribution is -0.283. The highest BCUT2D eigenvalue weighted by Crippen LogP contribution is 2.41. The van der Waals surface area contributed by atoms with Gasteiger partial charge in [0.2, 0.25) is 0 Å². The number of hydrogen-bond acceptors (Lipinski definition) is 5. The number of hydrogen-bond donors (Lipinski definition) is 0. The maximum Gasteiger partial charge on any atom is 0.400 e. The molecular formula is C19H23F7N4O2. The van der Waals surface area contributed by atoms with Crippen LogP contribution >= 0.6 is 0 Å². The highest BCUT2D eigenvalue weighted by Gasteiger charge is 2.56. The number of alkyl halides is 6. The molecule has 6 nitrogen and oxygen atoms in total. The molecule has 32 heavy (non-hydrogen) atoms. The molecule has 1 aromatic heterocycles. The van der Waals surface area contributed by atoms with Gasteiger partial charge in [0, 0.05) is 19.0 Å². The van der Waals surface area contributed by atoms with E-state index in [1.807, 2.05) is 4.90 Å². The van der Waals surface area contributed by atoms with E-state index in [4.69, 9.17) is 9.47 Å². The molecule has 0 radical (unpaired) electrons. The van der Waals surface area contributed by atoms with E-state index in [1.54, 1.807) is 14.1 Å². The highest BCUT2D eigenvalue weighted by molar-refractivity contribution is 5.40. The molecule has 1 aromatic carbocycles. The van der Waals surface area contributed by atoms with E-state index in [2.05, 4.69) is 10.1 Å². The number of halogens is 7. The summed E-state index contributed by atoms with van der Waals surface area (Å²) in [6.07, 6.45) is -13.4. The Morgan fingerprint density at radius 3 is 2.25 bits per heavy atom. The van der Waals surface area contributed by atoms with Gasteiger partial charge in [-0.25, -0.2) is 14.1 Å². The van der Waals surface area contributed by atoms with Crippen LogP contribution in [0, 0.1) is 11.7 Å². The summed E-state index contributed by atoms with van der Waals surface area (Å²) in [5, 5.41) is 3.85. The van der Waals surface area contributed by atoms with Gasteiger partial charge >= 0.3 is 12.4 Å². The van der Waals surface area contributed by atoms with Crippen molar-refractivity contribution in [2.24, 2.45) is 5.92 Å². The van der Waals surface area contributed by atoms with Crippen molar-refractivity contribution < 1.29 is 40.2 Å². The average Bonchev–Trinajstić information content (AvgIpc) is 3.08. The molecule has 0 N–H and O–H groups in total. The maximum atomic E-state index is 13.8. The molecule has 1 heterocycles. The van der Waals surface area contributed by atoms with Crippen molar-refractivity contribution >= 4 is 0 Å². The monoisotopic (exact) mass is 472 g/mol. The van der Waals surface area contributed by atoms with E-state index in [1.165, 1.54) is 26.2 Å². The van der Waals surface area contributed by atoms with E-state index in [-0.39, 0.29) is 23.9 Å². The Labute approximate surface area is 179 Å². The van der Waals surface area contributed by atoms with E-state index in [0.717, 1.165) is 10.7 Å². The normalized spacial score (nSPS) is 13.8. The van der Waals surface area contributed by atoms with Crippen molar-refractivity contribution in [2.75, 3.05) is 34.4 Å². The largest absolute Gasteiger partial charge is 0.494 e. The molecule has 2 aromatic rings. The zero-order valence-electron chi connectivity index (χ0n) is 17.8. The Morgan fingerprint density at radius 2 is 1.72 bits per heavy atom. The van der Waals surface area contributed by atoms with E-state index >= 15 is 0 Å². The van der Waals surface area contributed by atoms with Gasteiger partial charge in [-0.3, -0.25) is 0 Å². The molecule has 0 saturated heterocycles. The Bertz CT molecular complexity index is 883. The first-order valence-electron chi connectivity index (χ1n) is 9.43. The Hall–Kier alpha value is -2.41. The minimum Gasteiger partial charge on any atom is -0.494 e. The van der Waals surface area contributed by atoms with Crippen LogP contribution in [0.15, 0.2) is 18.2 Å². The van der Waals surface area contributed by atoms with Gasteiger partial charge in [0.15, 0.2) is 29.1 Å². The lowest BCUT2D eigenvalue weighted by Crippen LogP contribution is -2.38. The third-order valence-corrected chi connectivity index (χ3v) is 4.50. The van der Waals surface area contributed by atoms with Gasteiger partial charge in [-0.1, -0.05) is 0 Å². The summed E-state index contributed by atoms with van der Waals surface area (Å²) in [7, 11) is 4.81. The Kier molecular flexibility index (Phi) is 8.10. The average molecular weight is 472 g/mol. The summed E-state index contributed by atoms with van der Waals surface area (Å²) >= 11 is 0. The van der Waals surface area contributed by atoms with Crippen LogP contribution in [0.2, 0.25) is 0 Å². The van der Waals surface area contributed by atoms with Crippen molar-refractivity contribution in [2.45, 2.75) is 31.8 Å². The van der Waals surface area contributed by atoms with Crippen LogP contribution in [0.25, 0.3) is 5.69 Å². The van der Waals surface area contributed by atoms with Crippen LogP contribution in [-0.4, -0.2) is 66.4 Å². The smallest absolute Gasteiger partial charge is 0.400 e. The molecule has 13 heteroatoms. The molecule has 0 aliphatic carbocycles. The number of aromatic nitrogens is 3. The fourth-order valence-electron chi connectivity index (χ4n) is 2.77. The summed E-state index contributed by atoms with van der Waals surface area (Å²) in [6.45, 7) is 2.27. The molecular weight excluding hydrogens is 449 g/mol. The molecule has 0 fully saturated rings. The zero-order valence-corrected chi connectivity index (χ0v) is 17.8. The van der Waals surface area contributed by atoms with E-state index < -0.39 is 42.4 Å². The summed E-state index contributed by atoms with van der Waals surface area (Å²) in [4.78, 5) is 5.73. The predicted molar refractivity (Wildman–Crippen MR) is 100 cm³/mol. The zero-order chi connectivity index (χ0) is 24.3.